The molecule has 22 heavy (non-hydrogen) atoms. The number of hydrogen-bond donors (Lipinski definition) is 0. The van der Waals surface area contributed by atoms with Crippen LogP contribution < -0.4 is 4.74 Å². The molecule has 0 atom stereocenters. The van der Waals surface area contributed by atoms with Crippen molar-refractivity contribution in [1.29, 1.82) is 0 Å². The van der Waals surface area contributed by atoms with E-state index in [2.05, 4.69) is 21.0 Å². The Kier molecular flexibility index (Phi) is 4.74. The number of hydrogen-bond acceptors (Lipinski definition) is 4. The molecule has 0 saturated carbocycles. The van der Waals surface area contributed by atoms with Crippen LogP contribution in [-0.4, -0.2) is 53.5 Å². The molecule has 0 radical (unpaired) electrons. The Hall–Kier alpha value is -1.86. The van der Waals surface area contributed by atoms with Gasteiger partial charge in [-0.15, -0.1) is 5.10 Å². The molecule has 1 aromatic carbocycles. The van der Waals surface area contributed by atoms with Crippen LogP contribution in [0.15, 0.2) is 41.0 Å². The van der Waals surface area contributed by atoms with Gasteiger partial charge in [0, 0.05) is 19.3 Å². The molecule has 2 aromatic rings. The maximum absolute atomic E-state index is 12.1. The third kappa shape index (κ3) is 3.48. The summed E-state index contributed by atoms with van der Waals surface area (Å²) in [7, 11) is 0. The summed E-state index contributed by atoms with van der Waals surface area (Å²) in [6.07, 6.45) is 1.81. The van der Waals surface area contributed by atoms with Crippen molar-refractivity contribution in [2.45, 2.75) is 0 Å². The SMILES string of the molecule is O=C(COc1nn(-c2ccccc2)cc1Br)N1CCOCC1. The largest absolute Gasteiger partial charge is 0.466 e. The Balaban J connectivity index is 1.63. The van der Waals surface area contributed by atoms with E-state index in [1.54, 1.807) is 9.58 Å². The number of nitrogens with zero attached hydrogens (tertiary/aromatic N) is 3. The van der Waals surface area contributed by atoms with Crippen molar-refractivity contribution in [3.8, 4) is 11.6 Å². The Morgan fingerprint density at radius 1 is 1.27 bits per heavy atom. The molecule has 3 rings (SSSR count). The van der Waals surface area contributed by atoms with Crippen molar-refractivity contribution >= 4 is 21.8 Å². The average Bonchev–Trinajstić information content (AvgIpc) is 2.95. The Morgan fingerprint density at radius 3 is 2.73 bits per heavy atom. The molecule has 7 heteroatoms. The molecule has 1 fully saturated rings. The molecule has 1 aliphatic rings. The summed E-state index contributed by atoms with van der Waals surface area (Å²) in [4.78, 5) is 13.8. The first-order valence-electron chi connectivity index (χ1n) is 7.03. The summed E-state index contributed by atoms with van der Waals surface area (Å²) < 4.78 is 13.2. The average molecular weight is 366 g/mol. The van der Waals surface area contributed by atoms with Crippen molar-refractivity contribution in [2.75, 3.05) is 32.9 Å². The minimum atomic E-state index is -0.0514. The number of carbonyl (C=O) groups is 1. The predicted molar refractivity (Wildman–Crippen MR) is 84.2 cm³/mol. The molecule has 0 spiro atoms. The number of halogens is 1. The number of para-hydroxylation sites is 1. The summed E-state index contributed by atoms with van der Waals surface area (Å²) in [5, 5.41) is 4.35. The lowest BCUT2D eigenvalue weighted by Gasteiger charge is -2.26. The van der Waals surface area contributed by atoms with Crippen LogP contribution in [0.2, 0.25) is 0 Å². The van der Waals surface area contributed by atoms with Crippen molar-refractivity contribution in [2.24, 2.45) is 0 Å². The van der Waals surface area contributed by atoms with Gasteiger partial charge in [0.2, 0.25) is 5.88 Å². The zero-order valence-electron chi connectivity index (χ0n) is 11.9. The van der Waals surface area contributed by atoms with Crippen LogP contribution in [0.3, 0.4) is 0 Å². The molecule has 1 aliphatic heterocycles. The number of ether oxygens (including phenoxy) is 2. The summed E-state index contributed by atoms with van der Waals surface area (Å²) in [5.41, 5.74) is 0.928. The molecule has 0 N–H and O–H groups in total. The van der Waals surface area contributed by atoms with Crippen LogP contribution >= 0.6 is 15.9 Å². The van der Waals surface area contributed by atoms with Crippen molar-refractivity contribution in [1.82, 2.24) is 14.7 Å². The van der Waals surface area contributed by atoms with Crippen LogP contribution in [0.5, 0.6) is 5.88 Å². The molecule has 116 valence electrons. The van der Waals surface area contributed by atoms with Gasteiger partial charge >= 0.3 is 0 Å². The monoisotopic (exact) mass is 365 g/mol. The fourth-order valence-corrected chi connectivity index (χ4v) is 2.57. The highest BCUT2D eigenvalue weighted by Gasteiger charge is 2.18. The third-order valence-corrected chi connectivity index (χ3v) is 3.90. The molecule has 1 saturated heterocycles. The van der Waals surface area contributed by atoms with Gasteiger partial charge in [0.05, 0.1) is 23.4 Å². The molecule has 0 unspecified atom stereocenters. The van der Waals surface area contributed by atoms with Crippen LogP contribution in [0, 0.1) is 0 Å². The first-order valence-corrected chi connectivity index (χ1v) is 7.82. The van der Waals surface area contributed by atoms with Gasteiger partial charge in [-0.25, -0.2) is 4.68 Å². The third-order valence-electron chi connectivity index (χ3n) is 3.36. The lowest BCUT2D eigenvalue weighted by molar-refractivity contribution is -0.137. The van der Waals surface area contributed by atoms with E-state index in [9.17, 15) is 4.79 Å². The fourth-order valence-electron chi connectivity index (χ4n) is 2.18. The van der Waals surface area contributed by atoms with Crippen LogP contribution in [-0.2, 0) is 9.53 Å². The zero-order valence-corrected chi connectivity index (χ0v) is 13.5. The second-order valence-electron chi connectivity index (χ2n) is 4.84. The van der Waals surface area contributed by atoms with Gasteiger partial charge in [0.1, 0.15) is 0 Å². The van der Waals surface area contributed by atoms with E-state index in [4.69, 9.17) is 9.47 Å². The van der Waals surface area contributed by atoms with E-state index < -0.39 is 0 Å². The highest BCUT2D eigenvalue weighted by molar-refractivity contribution is 9.10. The van der Waals surface area contributed by atoms with Crippen molar-refractivity contribution in [3.05, 3.63) is 41.0 Å². The van der Waals surface area contributed by atoms with Gasteiger partial charge in [-0.1, -0.05) is 18.2 Å². The van der Waals surface area contributed by atoms with Gasteiger partial charge in [0.15, 0.2) is 6.61 Å². The van der Waals surface area contributed by atoms with Crippen molar-refractivity contribution < 1.29 is 14.3 Å². The summed E-state index contributed by atoms with van der Waals surface area (Å²) >= 11 is 3.41. The molecule has 0 aliphatic carbocycles. The first kappa shape index (κ1) is 15.1. The standard InChI is InChI=1S/C15H16BrN3O3/c16-13-10-19(12-4-2-1-3-5-12)17-15(13)22-11-14(20)18-6-8-21-9-7-18/h1-5,10H,6-9,11H2. The number of aromatic nitrogens is 2. The number of rotatable bonds is 4. The number of carbonyl (C=O) groups excluding carboxylic acids is 1. The van der Waals surface area contributed by atoms with Gasteiger partial charge in [-0.2, -0.15) is 0 Å². The highest BCUT2D eigenvalue weighted by atomic mass is 79.9. The molecule has 2 heterocycles. The molecular formula is C15H16BrN3O3. The van der Waals surface area contributed by atoms with E-state index in [0.717, 1.165) is 5.69 Å². The topological polar surface area (TPSA) is 56.6 Å². The van der Waals surface area contributed by atoms with Gasteiger partial charge in [0.25, 0.3) is 5.91 Å². The van der Waals surface area contributed by atoms with E-state index in [1.165, 1.54) is 0 Å². The molecule has 1 aromatic heterocycles. The normalized spacial score (nSPS) is 14.9. The fraction of sp³-hybridized carbons (Fsp3) is 0.333. The van der Waals surface area contributed by atoms with Gasteiger partial charge in [-0.3, -0.25) is 4.79 Å². The predicted octanol–water partition coefficient (Wildman–Crippen LogP) is 1.87. The van der Waals surface area contributed by atoms with E-state index in [-0.39, 0.29) is 12.5 Å². The maximum Gasteiger partial charge on any atom is 0.260 e. The van der Waals surface area contributed by atoms with Crippen LogP contribution in [0.25, 0.3) is 5.69 Å². The lowest BCUT2D eigenvalue weighted by atomic mass is 10.3. The van der Waals surface area contributed by atoms with Crippen molar-refractivity contribution in [3.63, 3.8) is 0 Å². The molecular weight excluding hydrogens is 350 g/mol. The Morgan fingerprint density at radius 2 is 2.00 bits per heavy atom. The molecule has 1 amide bonds. The smallest absolute Gasteiger partial charge is 0.260 e. The minimum absolute atomic E-state index is 0.0234. The minimum Gasteiger partial charge on any atom is -0.466 e. The van der Waals surface area contributed by atoms with Gasteiger partial charge in [-0.05, 0) is 28.1 Å². The molecule has 0 bridgehead atoms. The van der Waals surface area contributed by atoms with E-state index in [0.29, 0.717) is 36.7 Å². The number of morpholine rings is 1. The maximum atomic E-state index is 12.1. The number of amides is 1. The summed E-state index contributed by atoms with van der Waals surface area (Å²) in [6.45, 7) is 2.37. The summed E-state index contributed by atoms with van der Waals surface area (Å²) in [5.74, 6) is 0.356. The zero-order chi connectivity index (χ0) is 15.4. The second-order valence-corrected chi connectivity index (χ2v) is 5.70. The molecule has 6 nitrogen and oxygen atoms in total. The highest BCUT2D eigenvalue weighted by Crippen LogP contribution is 2.24. The van der Waals surface area contributed by atoms with Crippen LogP contribution in [0.4, 0.5) is 0 Å². The second kappa shape index (κ2) is 6.93. The Labute approximate surface area is 136 Å². The number of benzene rings is 1. The van der Waals surface area contributed by atoms with E-state index >= 15 is 0 Å². The summed E-state index contributed by atoms with van der Waals surface area (Å²) in [6, 6.07) is 9.71. The Bertz CT molecular complexity index is 639. The first-order chi connectivity index (χ1) is 10.7. The lowest BCUT2D eigenvalue weighted by Crippen LogP contribution is -2.43. The van der Waals surface area contributed by atoms with Gasteiger partial charge < -0.3 is 14.4 Å². The van der Waals surface area contributed by atoms with E-state index in [1.807, 2.05) is 36.5 Å². The quantitative estimate of drug-likeness (QED) is 0.829. The van der Waals surface area contributed by atoms with Crippen LogP contribution in [0.1, 0.15) is 0 Å².